The van der Waals surface area contributed by atoms with E-state index in [1.165, 1.54) is 25.7 Å². The third-order valence-electron chi connectivity index (χ3n) is 5.91. The molecule has 134 valence electrons. The van der Waals surface area contributed by atoms with Gasteiger partial charge in [0.2, 0.25) is 0 Å². The minimum atomic E-state index is -0.0271. The van der Waals surface area contributed by atoms with Crippen molar-refractivity contribution in [2.75, 3.05) is 6.54 Å². The molecule has 2 saturated carbocycles. The topological polar surface area (TPSA) is 59.0 Å². The van der Waals surface area contributed by atoms with Crippen LogP contribution in [-0.4, -0.2) is 27.7 Å². The molecule has 2 atom stereocenters. The lowest BCUT2D eigenvalue weighted by Gasteiger charge is -2.48. The molecule has 1 heterocycles. The molecule has 2 bridgehead atoms. The molecule has 0 radical (unpaired) electrons. The van der Waals surface area contributed by atoms with Crippen molar-refractivity contribution in [3.05, 3.63) is 18.7 Å². The summed E-state index contributed by atoms with van der Waals surface area (Å²) < 4.78 is 2.04. The van der Waals surface area contributed by atoms with Crippen molar-refractivity contribution in [2.45, 2.75) is 70.9 Å². The van der Waals surface area contributed by atoms with Crippen LogP contribution < -0.4 is 10.6 Å². The summed E-state index contributed by atoms with van der Waals surface area (Å²) in [5.74, 6) is 2.51. The summed E-state index contributed by atoms with van der Waals surface area (Å²) in [7, 11) is 0. The largest absolute Gasteiger partial charge is 0.338 e. The fourth-order valence-electron chi connectivity index (χ4n) is 5.03. The van der Waals surface area contributed by atoms with Gasteiger partial charge in [0.15, 0.2) is 0 Å². The van der Waals surface area contributed by atoms with Crippen LogP contribution in [0.25, 0.3) is 0 Å². The first-order valence-electron chi connectivity index (χ1n) is 9.58. The van der Waals surface area contributed by atoms with E-state index in [2.05, 4.69) is 29.5 Å². The number of nitrogens with zero attached hydrogens (tertiary/aromatic N) is 2. The number of carbonyl (C=O) groups excluding carboxylic acids is 1. The van der Waals surface area contributed by atoms with E-state index in [9.17, 15) is 4.79 Å². The molecule has 0 aromatic carbocycles. The average molecular weight is 332 g/mol. The second kappa shape index (κ2) is 7.58. The zero-order valence-corrected chi connectivity index (χ0v) is 15.1. The van der Waals surface area contributed by atoms with Crippen LogP contribution >= 0.6 is 0 Å². The van der Waals surface area contributed by atoms with Crippen LogP contribution in [0, 0.1) is 17.8 Å². The molecule has 2 fully saturated rings. The zero-order chi connectivity index (χ0) is 17.0. The first-order valence-corrected chi connectivity index (χ1v) is 9.58. The standard InChI is InChI=1S/C19H32N4O/c1-3-15-9-16-11-17(10-15)13-19(2,12-16)22-18(24)21-5-4-7-23-8-6-20-14-23/h6,8,14-17H,3-5,7,9-13H2,1-2H3,(H2,21,22,24). The van der Waals surface area contributed by atoms with E-state index in [1.807, 2.05) is 17.1 Å². The SMILES string of the molecule is CCC1CC2CC(C1)CC(C)(NC(=O)NCCCn1ccnc1)C2. The minimum absolute atomic E-state index is 0.00449. The van der Waals surface area contributed by atoms with Gasteiger partial charge < -0.3 is 15.2 Å². The average Bonchev–Trinajstić information content (AvgIpc) is 3.03. The number of aromatic nitrogens is 2. The van der Waals surface area contributed by atoms with Gasteiger partial charge in [-0.2, -0.15) is 0 Å². The lowest BCUT2D eigenvalue weighted by Crippen LogP contribution is -2.55. The molecule has 0 spiro atoms. The Bertz CT molecular complexity index is 513. The van der Waals surface area contributed by atoms with Crippen molar-refractivity contribution in [3.8, 4) is 0 Å². The number of imidazole rings is 1. The third kappa shape index (κ3) is 4.52. The fraction of sp³-hybridized carbons (Fsp3) is 0.789. The van der Waals surface area contributed by atoms with E-state index in [0.717, 1.165) is 43.6 Å². The number of urea groups is 1. The Labute approximate surface area is 145 Å². The van der Waals surface area contributed by atoms with Crippen LogP contribution in [0.5, 0.6) is 0 Å². The smallest absolute Gasteiger partial charge is 0.315 e. The molecule has 2 N–H and O–H groups in total. The first-order chi connectivity index (χ1) is 11.6. The predicted octanol–water partition coefficient (Wildman–Crippen LogP) is 3.57. The van der Waals surface area contributed by atoms with Crippen LogP contribution in [0.1, 0.15) is 58.8 Å². The molecule has 2 aliphatic rings. The minimum Gasteiger partial charge on any atom is -0.338 e. The number of carbonyl (C=O) groups is 1. The fourth-order valence-corrected chi connectivity index (χ4v) is 5.03. The summed E-state index contributed by atoms with van der Waals surface area (Å²) in [6.07, 6.45) is 14.2. The van der Waals surface area contributed by atoms with Gasteiger partial charge in [-0.25, -0.2) is 9.78 Å². The van der Waals surface area contributed by atoms with Gasteiger partial charge in [0.25, 0.3) is 0 Å². The molecule has 1 aromatic rings. The van der Waals surface area contributed by atoms with Crippen LogP contribution in [0.3, 0.4) is 0 Å². The van der Waals surface area contributed by atoms with Crippen molar-refractivity contribution in [2.24, 2.45) is 17.8 Å². The number of hydrogen-bond donors (Lipinski definition) is 2. The Morgan fingerprint density at radius 2 is 2.04 bits per heavy atom. The van der Waals surface area contributed by atoms with Crippen molar-refractivity contribution in [1.82, 2.24) is 20.2 Å². The number of nitrogens with one attached hydrogen (secondary N) is 2. The first kappa shape index (κ1) is 17.3. The third-order valence-corrected chi connectivity index (χ3v) is 5.91. The molecular weight excluding hydrogens is 300 g/mol. The van der Waals surface area contributed by atoms with Crippen molar-refractivity contribution < 1.29 is 4.79 Å². The van der Waals surface area contributed by atoms with E-state index in [1.54, 1.807) is 6.20 Å². The Morgan fingerprint density at radius 3 is 2.67 bits per heavy atom. The quantitative estimate of drug-likeness (QED) is 0.783. The molecule has 0 aliphatic heterocycles. The molecule has 5 nitrogen and oxygen atoms in total. The second-order valence-corrected chi connectivity index (χ2v) is 8.22. The molecule has 3 rings (SSSR count). The molecular formula is C19H32N4O. The lowest BCUT2D eigenvalue weighted by atomic mass is 9.62. The molecule has 5 heteroatoms. The van der Waals surface area contributed by atoms with Gasteiger partial charge in [0.1, 0.15) is 0 Å². The maximum absolute atomic E-state index is 12.3. The Balaban J connectivity index is 1.41. The Hall–Kier alpha value is -1.52. The van der Waals surface area contributed by atoms with E-state index >= 15 is 0 Å². The normalized spacial score (nSPS) is 32.3. The van der Waals surface area contributed by atoms with Crippen molar-refractivity contribution >= 4 is 6.03 Å². The number of amides is 2. The van der Waals surface area contributed by atoms with Crippen LogP contribution in [0.4, 0.5) is 4.79 Å². The molecule has 2 aliphatic carbocycles. The lowest BCUT2D eigenvalue weighted by molar-refractivity contribution is 0.0718. The van der Waals surface area contributed by atoms with Gasteiger partial charge in [-0.05, 0) is 63.2 Å². The summed E-state index contributed by atoms with van der Waals surface area (Å²) in [6.45, 7) is 6.15. The van der Waals surface area contributed by atoms with Gasteiger partial charge in [-0.3, -0.25) is 0 Å². The molecule has 2 unspecified atom stereocenters. The van der Waals surface area contributed by atoms with Crippen LogP contribution in [0.15, 0.2) is 18.7 Å². The molecule has 2 amide bonds. The van der Waals surface area contributed by atoms with E-state index in [-0.39, 0.29) is 11.6 Å². The summed E-state index contributed by atoms with van der Waals surface area (Å²) >= 11 is 0. The second-order valence-electron chi connectivity index (χ2n) is 8.22. The van der Waals surface area contributed by atoms with Gasteiger partial charge in [-0.1, -0.05) is 13.3 Å². The maximum atomic E-state index is 12.3. The highest BCUT2D eigenvalue weighted by molar-refractivity contribution is 5.74. The van der Waals surface area contributed by atoms with Crippen LogP contribution in [-0.2, 0) is 6.54 Å². The zero-order valence-electron chi connectivity index (χ0n) is 15.1. The van der Waals surface area contributed by atoms with Crippen molar-refractivity contribution in [3.63, 3.8) is 0 Å². The summed E-state index contributed by atoms with van der Waals surface area (Å²) in [5, 5.41) is 6.30. The number of aryl methyl sites for hydroxylation is 1. The number of rotatable bonds is 6. The highest BCUT2D eigenvalue weighted by atomic mass is 16.2. The number of fused-ring (bicyclic) bond motifs is 2. The Morgan fingerprint density at radius 1 is 1.29 bits per heavy atom. The summed E-state index contributed by atoms with van der Waals surface area (Å²) in [5.41, 5.74) is -0.0271. The highest BCUT2D eigenvalue weighted by Crippen LogP contribution is 2.47. The molecule has 1 aromatic heterocycles. The Kier molecular flexibility index (Phi) is 5.47. The van der Waals surface area contributed by atoms with E-state index in [4.69, 9.17) is 0 Å². The summed E-state index contributed by atoms with van der Waals surface area (Å²) in [6, 6.07) is -0.00449. The van der Waals surface area contributed by atoms with Gasteiger partial charge in [0, 0.05) is 31.0 Å². The molecule has 0 saturated heterocycles. The van der Waals surface area contributed by atoms with Gasteiger partial charge in [0.05, 0.1) is 6.33 Å². The van der Waals surface area contributed by atoms with Crippen molar-refractivity contribution in [1.29, 1.82) is 0 Å². The predicted molar refractivity (Wildman–Crippen MR) is 95.6 cm³/mol. The van der Waals surface area contributed by atoms with Gasteiger partial charge in [-0.15, -0.1) is 0 Å². The highest BCUT2D eigenvalue weighted by Gasteiger charge is 2.42. The van der Waals surface area contributed by atoms with E-state index in [0.29, 0.717) is 6.54 Å². The maximum Gasteiger partial charge on any atom is 0.315 e. The monoisotopic (exact) mass is 332 g/mol. The molecule has 24 heavy (non-hydrogen) atoms. The number of hydrogen-bond acceptors (Lipinski definition) is 2. The summed E-state index contributed by atoms with van der Waals surface area (Å²) in [4.78, 5) is 16.3. The van der Waals surface area contributed by atoms with E-state index < -0.39 is 0 Å². The van der Waals surface area contributed by atoms with Crippen LogP contribution in [0.2, 0.25) is 0 Å². The van der Waals surface area contributed by atoms with Gasteiger partial charge >= 0.3 is 6.03 Å².